The van der Waals surface area contributed by atoms with Crippen molar-refractivity contribution >= 4 is 37.4 Å². The molecule has 1 heterocycles. The maximum atomic E-state index is 11.6. The van der Waals surface area contributed by atoms with Crippen LogP contribution in [0.4, 0.5) is 5.69 Å². The van der Waals surface area contributed by atoms with Gasteiger partial charge in [0, 0.05) is 17.6 Å². The van der Waals surface area contributed by atoms with Gasteiger partial charge in [0.05, 0.1) is 22.8 Å². The van der Waals surface area contributed by atoms with Crippen molar-refractivity contribution in [2.24, 2.45) is 0 Å². The molecule has 0 atom stereocenters. The standard InChI is InChI=1S/C12H14BrNO4S/c13-10-8-9(12(15)16)2-3-11(10)14-4-1-6-19(17,18)7-5-14/h2-3,8H,1,4-7H2,(H,15,16). The van der Waals surface area contributed by atoms with Crippen molar-refractivity contribution in [2.75, 3.05) is 29.5 Å². The highest BCUT2D eigenvalue weighted by Gasteiger charge is 2.21. The highest BCUT2D eigenvalue weighted by molar-refractivity contribution is 9.10. The molecule has 1 fully saturated rings. The number of hydrogen-bond donors (Lipinski definition) is 1. The summed E-state index contributed by atoms with van der Waals surface area (Å²) >= 11 is 3.35. The lowest BCUT2D eigenvalue weighted by Crippen LogP contribution is -2.27. The highest BCUT2D eigenvalue weighted by atomic mass is 79.9. The van der Waals surface area contributed by atoms with Gasteiger partial charge in [0.2, 0.25) is 0 Å². The molecule has 0 aliphatic carbocycles. The summed E-state index contributed by atoms with van der Waals surface area (Å²) < 4.78 is 23.8. The van der Waals surface area contributed by atoms with Crippen LogP contribution in [0, 0.1) is 0 Å². The molecule has 0 bridgehead atoms. The number of halogens is 1. The summed E-state index contributed by atoms with van der Waals surface area (Å²) in [4.78, 5) is 12.8. The Morgan fingerprint density at radius 1 is 1.26 bits per heavy atom. The second-order valence-corrected chi connectivity index (χ2v) is 7.62. The molecule has 1 aromatic rings. The minimum atomic E-state index is -2.95. The first-order valence-corrected chi connectivity index (χ1v) is 8.49. The van der Waals surface area contributed by atoms with Gasteiger partial charge in [-0.15, -0.1) is 0 Å². The molecule has 0 unspecified atom stereocenters. The fourth-order valence-corrected chi connectivity index (χ4v) is 3.98. The molecule has 5 nitrogen and oxygen atoms in total. The number of carboxylic acids is 1. The number of anilines is 1. The zero-order valence-corrected chi connectivity index (χ0v) is 12.6. The minimum Gasteiger partial charge on any atom is -0.478 e. The van der Waals surface area contributed by atoms with Crippen LogP contribution in [0.3, 0.4) is 0 Å². The number of carboxylic acid groups (broad SMARTS) is 1. The van der Waals surface area contributed by atoms with Crippen LogP contribution in [0.2, 0.25) is 0 Å². The number of rotatable bonds is 2. The molecular formula is C12H14BrNO4S. The predicted octanol–water partition coefficient (Wildman–Crippen LogP) is 1.77. The first kappa shape index (κ1) is 14.3. The summed E-state index contributed by atoms with van der Waals surface area (Å²) in [6.07, 6.45) is 0.593. The first-order valence-electron chi connectivity index (χ1n) is 5.87. The van der Waals surface area contributed by atoms with E-state index in [1.165, 1.54) is 12.1 Å². The molecular weight excluding hydrogens is 334 g/mol. The van der Waals surface area contributed by atoms with Gasteiger partial charge in [0.25, 0.3) is 0 Å². The van der Waals surface area contributed by atoms with Crippen LogP contribution >= 0.6 is 15.9 Å². The van der Waals surface area contributed by atoms with Crippen LogP contribution in [0.15, 0.2) is 22.7 Å². The summed E-state index contributed by atoms with van der Waals surface area (Å²) in [5.41, 5.74) is 1.04. The van der Waals surface area contributed by atoms with E-state index in [4.69, 9.17) is 5.11 Å². The van der Waals surface area contributed by atoms with E-state index in [1.807, 2.05) is 4.90 Å². The number of carbonyl (C=O) groups is 1. The summed E-state index contributed by atoms with van der Waals surface area (Å²) in [5.74, 6) is -0.625. The minimum absolute atomic E-state index is 0.139. The maximum Gasteiger partial charge on any atom is 0.335 e. The van der Waals surface area contributed by atoms with Gasteiger partial charge in [-0.3, -0.25) is 0 Å². The Balaban J connectivity index is 2.25. The molecule has 19 heavy (non-hydrogen) atoms. The van der Waals surface area contributed by atoms with Crippen LogP contribution in [0.1, 0.15) is 16.8 Å². The Kier molecular flexibility index (Phi) is 4.15. The van der Waals surface area contributed by atoms with Crippen molar-refractivity contribution in [3.63, 3.8) is 0 Å². The lowest BCUT2D eigenvalue weighted by Gasteiger charge is -2.23. The van der Waals surface area contributed by atoms with Crippen LogP contribution in [-0.2, 0) is 9.84 Å². The average Bonchev–Trinajstić information content (AvgIpc) is 2.50. The van der Waals surface area contributed by atoms with E-state index in [9.17, 15) is 13.2 Å². The third-order valence-electron chi connectivity index (χ3n) is 3.09. The largest absolute Gasteiger partial charge is 0.478 e. The van der Waals surface area contributed by atoms with Crippen molar-refractivity contribution in [1.29, 1.82) is 0 Å². The zero-order chi connectivity index (χ0) is 14.0. The Bertz CT molecular complexity index is 600. The molecule has 2 rings (SSSR count). The van der Waals surface area contributed by atoms with Gasteiger partial charge < -0.3 is 10.0 Å². The predicted molar refractivity (Wildman–Crippen MR) is 76.6 cm³/mol. The molecule has 7 heteroatoms. The van der Waals surface area contributed by atoms with E-state index >= 15 is 0 Å². The van der Waals surface area contributed by atoms with Gasteiger partial charge in [-0.1, -0.05) is 0 Å². The van der Waals surface area contributed by atoms with Gasteiger partial charge in [-0.2, -0.15) is 0 Å². The van der Waals surface area contributed by atoms with Crippen molar-refractivity contribution in [3.05, 3.63) is 28.2 Å². The summed E-state index contributed by atoms with van der Waals surface area (Å²) in [6, 6.07) is 4.78. The van der Waals surface area contributed by atoms with Crippen molar-refractivity contribution in [2.45, 2.75) is 6.42 Å². The topological polar surface area (TPSA) is 74.7 Å². The number of aromatic carboxylic acids is 1. The summed E-state index contributed by atoms with van der Waals surface area (Å²) in [5, 5.41) is 8.91. The van der Waals surface area contributed by atoms with Crippen molar-refractivity contribution in [1.82, 2.24) is 0 Å². The van der Waals surface area contributed by atoms with Crippen LogP contribution < -0.4 is 4.90 Å². The normalized spacial score (nSPS) is 18.9. The fraction of sp³-hybridized carbons (Fsp3) is 0.417. The van der Waals surface area contributed by atoms with Gasteiger partial charge in [-0.25, -0.2) is 13.2 Å². The smallest absolute Gasteiger partial charge is 0.335 e. The first-order chi connectivity index (χ1) is 8.89. The Morgan fingerprint density at radius 2 is 2.00 bits per heavy atom. The number of nitrogens with zero attached hydrogens (tertiary/aromatic N) is 1. The lowest BCUT2D eigenvalue weighted by molar-refractivity contribution is 0.0697. The van der Waals surface area contributed by atoms with Gasteiger partial charge in [0.15, 0.2) is 9.84 Å². The molecule has 1 aromatic carbocycles. The SMILES string of the molecule is O=C(O)c1ccc(N2CCCS(=O)(=O)CC2)c(Br)c1. The molecule has 0 spiro atoms. The molecule has 0 radical (unpaired) electrons. The molecule has 1 aliphatic rings. The molecule has 1 aliphatic heterocycles. The van der Waals surface area contributed by atoms with Crippen LogP contribution in [0.25, 0.3) is 0 Å². The Hall–Kier alpha value is -1.08. The molecule has 104 valence electrons. The van der Waals surface area contributed by atoms with Crippen molar-refractivity contribution in [3.8, 4) is 0 Å². The molecule has 1 saturated heterocycles. The molecule has 0 amide bonds. The second-order valence-electron chi connectivity index (χ2n) is 4.46. The highest BCUT2D eigenvalue weighted by Crippen LogP contribution is 2.28. The van der Waals surface area contributed by atoms with Crippen LogP contribution in [-0.4, -0.2) is 44.1 Å². The van der Waals surface area contributed by atoms with E-state index < -0.39 is 15.8 Å². The van der Waals surface area contributed by atoms with E-state index in [0.29, 0.717) is 24.0 Å². The third-order valence-corrected chi connectivity index (χ3v) is 5.44. The number of sulfone groups is 1. The zero-order valence-electron chi connectivity index (χ0n) is 10.2. The molecule has 1 N–H and O–H groups in total. The van der Waals surface area contributed by atoms with E-state index in [0.717, 1.165) is 5.69 Å². The fourth-order valence-electron chi connectivity index (χ4n) is 2.08. The maximum absolute atomic E-state index is 11.6. The quantitative estimate of drug-likeness (QED) is 0.882. The molecule has 0 aromatic heterocycles. The van der Waals surface area contributed by atoms with E-state index in [1.54, 1.807) is 6.07 Å². The van der Waals surface area contributed by atoms with E-state index in [2.05, 4.69) is 15.9 Å². The second kappa shape index (κ2) is 5.50. The number of hydrogen-bond acceptors (Lipinski definition) is 4. The van der Waals surface area contributed by atoms with Gasteiger partial charge in [-0.05, 0) is 40.5 Å². The average molecular weight is 348 g/mol. The monoisotopic (exact) mass is 347 g/mol. The summed E-state index contributed by atoms with van der Waals surface area (Å²) in [6.45, 7) is 1.09. The Morgan fingerprint density at radius 3 is 2.63 bits per heavy atom. The van der Waals surface area contributed by atoms with Gasteiger partial charge in [0.1, 0.15) is 0 Å². The van der Waals surface area contributed by atoms with Crippen LogP contribution in [0.5, 0.6) is 0 Å². The Labute approximate surface area is 120 Å². The van der Waals surface area contributed by atoms with Gasteiger partial charge >= 0.3 is 5.97 Å². The lowest BCUT2D eigenvalue weighted by atomic mass is 10.2. The third kappa shape index (κ3) is 3.48. The molecule has 0 saturated carbocycles. The van der Waals surface area contributed by atoms with Crippen molar-refractivity contribution < 1.29 is 18.3 Å². The number of benzene rings is 1. The summed E-state index contributed by atoms with van der Waals surface area (Å²) in [7, 11) is -2.95. The van der Waals surface area contributed by atoms with E-state index in [-0.39, 0.29) is 17.1 Å².